The van der Waals surface area contributed by atoms with Crippen molar-refractivity contribution in [2.75, 3.05) is 9.80 Å². The molecule has 5 aliphatic rings. The van der Waals surface area contributed by atoms with Crippen molar-refractivity contribution < 1.29 is 4.74 Å². The lowest BCUT2D eigenvalue weighted by Gasteiger charge is -2.52. The molecule has 1 fully saturated rings. The zero-order chi connectivity index (χ0) is 28.1. The van der Waals surface area contributed by atoms with Gasteiger partial charge >= 0.3 is 0 Å². The highest BCUT2D eigenvalue weighted by molar-refractivity contribution is 6.99. The van der Waals surface area contributed by atoms with Gasteiger partial charge in [0.1, 0.15) is 11.5 Å². The van der Waals surface area contributed by atoms with Crippen LogP contribution in [0.3, 0.4) is 0 Å². The van der Waals surface area contributed by atoms with Gasteiger partial charge in [0.05, 0.1) is 11.6 Å². The molecule has 3 nitrogen and oxygen atoms in total. The van der Waals surface area contributed by atoms with Gasteiger partial charge in [-0.05, 0) is 90.6 Å². The topological polar surface area (TPSA) is 15.7 Å². The second-order valence-corrected chi connectivity index (χ2v) is 13.2. The van der Waals surface area contributed by atoms with Crippen molar-refractivity contribution >= 4 is 45.9 Å². The quantitative estimate of drug-likeness (QED) is 0.220. The first-order valence-corrected chi connectivity index (χ1v) is 15.6. The maximum atomic E-state index is 6.76. The van der Waals surface area contributed by atoms with Gasteiger partial charge in [-0.3, -0.25) is 0 Å². The van der Waals surface area contributed by atoms with E-state index in [1.165, 1.54) is 70.4 Å². The van der Waals surface area contributed by atoms with Gasteiger partial charge in [0, 0.05) is 28.2 Å². The van der Waals surface area contributed by atoms with Crippen LogP contribution in [0.2, 0.25) is 0 Å². The van der Waals surface area contributed by atoms with Crippen molar-refractivity contribution in [2.45, 2.75) is 62.9 Å². The molecule has 3 aliphatic heterocycles. The second-order valence-electron chi connectivity index (χ2n) is 13.2. The summed E-state index contributed by atoms with van der Waals surface area (Å²) in [6.07, 6.45) is 14.9. The minimum absolute atomic E-state index is 0.0524. The van der Waals surface area contributed by atoms with Crippen LogP contribution in [-0.4, -0.2) is 18.3 Å². The predicted molar refractivity (Wildman–Crippen MR) is 176 cm³/mol. The Morgan fingerprint density at radius 1 is 0.810 bits per heavy atom. The lowest BCUT2D eigenvalue weighted by Crippen LogP contribution is -2.63. The number of nitrogens with zero attached hydrogens (tertiary/aromatic N) is 2. The van der Waals surface area contributed by atoms with Crippen LogP contribution in [0.15, 0.2) is 109 Å². The molecular weight excluding hydrogens is 511 g/mol. The Hall–Kier alpha value is -4.18. The van der Waals surface area contributed by atoms with Crippen molar-refractivity contribution in [3.8, 4) is 11.5 Å². The number of benzene rings is 4. The molecule has 42 heavy (non-hydrogen) atoms. The zero-order valence-corrected chi connectivity index (χ0v) is 24.4. The molecule has 3 heterocycles. The van der Waals surface area contributed by atoms with E-state index in [1.54, 1.807) is 0 Å². The standard InChI is InChI=1S/C38H35BN2O/c1-37-23-9-10-24-38(37,2)41-32-19-12-20-34-35(32)39(30-18-11-17-29(37)36(30)41)31-25-28(21-22-33(31)42-34)40(26-13-5-3-6-14-26)27-15-7-4-8-16-27/h3-8,11-15,17-22,25,27H,9-10,16,23-24H2,1-2H3. The molecule has 1 saturated carbocycles. The van der Waals surface area contributed by atoms with Gasteiger partial charge < -0.3 is 14.5 Å². The Labute approximate surface area is 249 Å². The SMILES string of the molecule is CC12CCCCC1(C)N1c3cccc4c3B(c3cc(N(c5ccccc5)C5C=CC=CC5)ccc3O4)c3cccc2c31. The highest BCUT2D eigenvalue weighted by atomic mass is 16.5. The second kappa shape index (κ2) is 8.67. The number of allylic oxidation sites excluding steroid dienone is 2. The molecule has 2 aliphatic carbocycles. The molecule has 0 amide bonds. The molecule has 0 N–H and O–H groups in total. The smallest absolute Gasteiger partial charge is 0.256 e. The van der Waals surface area contributed by atoms with Gasteiger partial charge in [-0.1, -0.05) is 86.5 Å². The monoisotopic (exact) mass is 546 g/mol. The Morgan fingerprint density at radius 3 is 2.52 bits per heavy atom. The van der Waals surface area contributed by atoms with Gasteiger partial charge in [-0.2, -0.15) is 0 Å². The van der Waals surface area contributed by atoms with Crippen LogP contribution in [0, 0.1) is 0 Å². The summed E-state index contributed by atoms with van der Waals surface area (Å²) in [5, 5.41) is 0. The number of hydrogen-bond donors (Lipinski definition) is 0. The largest absolute Gasteiger partial charge is 0.458 e. The molecule has 0 radical (unpaired) electrons. The molecule has 4 aromatic carbocycles. The molecule has 0 saturated heterocycles. The molecule has 4 aromatic rings. The molecule has 3 unspecified atom stereocenters. The van der Waals surface area contributed by atoms with E-state index in [-0.39, 0.29) is 23.7 Å². The molecular formula is C38H35BN2O. The van der Waals surface area contributed by atoms with E-state index in [4.69, 9.17) is 4.74 Å². The van der Waals surface area contributed by atoms with Crippen LogP contribution >= 0.6 is 0 Å². The third-order valence-electron chi connectivity index (χ3n) is 11.2. The first-order valence-electron chi connectivity index (χ1n) is 15.6. The third kappa shape index (κ3) is 3.08. The number of para-hydroxylation sites is 2. The van der Waals surface area contributed by atoms with Crippen LogP contribution in [0.1, 0.15) is 51.5 Å². The molecule has 0 aromatic heterocycles. The predicted octanol–water partition coefficient (Wildman–Crippen LogP) is 7.39. The van der Waals surface area contributed by atoms with Crippen molar-refractivity contribution in [1.29, 1.82) is 0 Å². The van der Waals surface area contributed by atoms with Gasteiger partial charge in [-0.15, -0.1) is 0 Å². The Bertz CT molecular complexity index is 1810. The Morgan fingerprint density at radius 2 is 1.67 bits per heavy atom. The summed E-state index contributed by atoms with van der Waals surface area (Å²) in [4.78, 5) is 5.22. The van der Waals surface area contributed by atoms with E-state index in [1.807, 2.05) is 0 Å². The van der Waals surface area contributed by atoms with Crippen molar-refractivity contribution in [3.05, 3.63) is 115 Å². The van der Waals surface area contributed by atoms with Gasteiger partial charge in [0.25, 0.3) is 6.71 Å². The molecule has 9 rings (SSSR count). The van der Waals surface area contributed by atoms with Crippen molar-refractivity contribution in [1.82, 2.24) is 0 Å². The summed E-state index contributed by atoms with van der Waals surface area (Å²) in [7, 11) is 0. The molecule has 0 spiro atoms. The average molecular weight is 547 g/mol. The zero-order valence-electron chi connectivity index (χ0n) is 24.4. The van der Waals surface area contributed by atoms with Crippen LogP contribution in [0.4, 0.5) is 22.7 Å². The van der Waals surface area contributed by atoms with Crippen LogP contribution < -0.4 is 30.9 Å². The number of anilines is 4. The van der Waals surface area contributed by atoms with E-state index in [0.717, 1.165) is 17.9 Å². The number of fused-ring (bicyclic) bond motifs is 7. The van der Waals surface area contributed by atoms with Gasteiger partial charge in [0.15, 0.2) is 0 Å². The Balaban J connectivity index is 1.27. The van der Waals surface area contributed by atoms with E-state index in [0.29, 0.717) is 0 Å². The molecule has 206 valence electrons. The minimum atomic E-state index is 0.0524. The van der Waals surface area contributed by atoms with E-state index >= 15 is 0 Å². The minimum Gasteiger partial charge on any atom is -0.458 e. The van der Waals surface area contributed by atoms with Crippen LogP contribution in [0.25, 0.3) is 0 Å². The molecule has 4 heteroatoms. The van der Waals surface area contributed by atoms with Crippen LogP contribution in [-0.2, 0) is 5.41 Å². The maximum Gasteiger partial charge on any atom is 0.256 e. The van der Waals surface area contributed by atoms with E-state index in [9.17, 15) is 0 Å². The van der Waals surface area contributed by atoms with E-state index < -0.39 is 0 Å². The lowest BCUT2D eigenvalue weighted by atomic mass is 9.34. The van der Waals surface area contributed by atoms with E-state index in [2.05, 4.69) is 133 Å². The number of hydrogen-bond acceptors (Lipinski definition) is 3. The lowest BCUT2D eigenvalue weighted by molar-refractivity contribution is 0.195. The summed E-state index contributed by atoms with van der Waals surface area (Å²) in [6, 6.07) is 31.8. The Kier molecular flexibility index (Phi) is 5.04. The molecule has 3 atom stereocenters. The van der Waals surface area contributed by atoms with Crippen molar-refractivity contribution in [2.24, 2.45) is 0 Å². The summed E-state index contributed by atoms with van der Waals surface area (Å²) in [5.41, 5.74) is 10.9. The van der Waals surface area contributed by atoms with Gasteiger partial charge in [-0.25, -0.2) is 0 Å². The van der Waals surface area contributed by atoms with Crippen LogP contribution in [0.5, 0.6) is 11.5 Å². The fraction of sp³-hybridized carbons (Fsp3) is 0.263. The number of rotatable bonds is 3. The van der Waals surface area contributed by atoms with Gasteiger partial charge in [0.2, 0.25) is 0 Å². The maximum absolute atomic E-state index is 6.76. The first-order chi connectivity index (χ1) is 20.6. The fourth-order valence-electron chi connectivity index (χ4n) is 8.99. The summed E-state index contributed by atoms with van der Waals surface area (Å²) in [5.74, 6) is 1.97. The average Bonchev–Trinajstić information content (AvgIpc) is 3.25. The summed E-state index contributed by atoms with van der Waals surface area (Å²) in [6.45, 7) is 5.19. The molecule has 0 bridgehead atoms. The normalized spacial score (nSPS) is 25.7. The first kappa shape index (κ1) is 24.4. The summed E-state index contributed by atoms with van der Waals surface area (Å²) < 4.78 is 6.76. The summed E-state index contributed by atoms with van der Waals surface area (Å²) >= 11 is 0. The highest BCUT2D eigenvalue weighted by Crippen LogP contribution is 2.61. The van der Waals surface area contributed by atoms with Crippen molar-refractivity contribution in [3.63, 3.8) is 0 Å². The highest BCUT2D eigenvalue weighted by Gasteiger charge is 2.61. The third-order valence-corrected chi connectivity index (χ3v) is 11.2. The fourth-order valence-corrected chi connectivity index (χ4v) is 8.99. The number of ether oxygens (including phenoxy) is 1.